The first kappa shape index (κ1) is 21.0. The molecule has 0 aliphatic heterocycles. The van der Waals surface area contributed by atoms with Gasteiger partial charge in [0.05, 0.1) is 29.2 Å². The Hall–Kier alpha value is -3.87. The molecule has 5 rings (SSSR count). The molecule has 0 saturated heterocycles. The first-order valence-corrected chi connectivity index (χ1v) is 11.4. The molecule has 2 aromatic carbocycles. The van der Waals surface area contributed by atoms with E-state index in [1.54, 1.807) is 24.5 Å². The van der Waals surface area contributed by atoms with E-state index in [1.807, 2.05) is 42.7 Å². The van der Waals surface area contributed by atoms with E-state index in [-0.39, 0.29) is 11.8 Å². The molecule has 0 bridgehead atoms. The maximum atomic E-state index is 13.3. The van der Waals surface area contributed by atoms with E-state index >= 15 is 0 Å². The van der Waals surface area contributed by atoms with Crippen LogP contribution in [0.2, 0.25) is 0 Å². The molecular formula is C26H26N4O3. The summed E-state index contributed by atoms with van der Waals surface area (Å²) < 4.78 is 7.49. The third kappa shape index (κ3) is 4.53. The van der Waals surface area contributed by atoms with Crippen molar-refractivity contribution in [1.29, 1.82) is 0 Å². The molecule has 0 radical (unpaired) electrons. The SMILES string of the molecule is O=C(Nc1cc(C(=O)NCCc2ccco2)c2c(c1)ncn2C1CCCC1)c1ccccc1. The zero-order valence-electron chi connectivity index (χ0n) is 18.3. The number of hydrogen-bond acceptors (Lipinski definition) is 4. The third-order valence-electron chi connectivity index (χ3n) is 6.16. The van der Waals surface area contributed by atoms with Crippen molar-refractivity contribution >= 4 is 28.5 Å². The highest BCUT2D eigenvalue weighted by molar-refractivity contribution is 6.09. The summed E-state index contributed by atoms with van der Waals surface area (Å²) in [5.74, 6) is 0.400. The van der Waals surface area contributed by atoms with Gasteiger partial charge in [-0.15, -0.1) is 0 Å². The Labute approximate surface area is 191 Å². The fourth-order valence-electron chi connectivity index (χ4n) is 4.52. The molecule has 1 aliphatic carbocycles. The highest BCUT2D eigenvalue weighted by Gasteiger charge is 2.23. The van der Waals surface area contributed by atoms with E-state index in [4.69, 9.17) is 4.42 Å². The Balaban J connectivity index is 1.45. The molecule has 2 amide bonds. The summed E-state index contributed by atoms with van der Waals surface area (Å²) in [4.78, 5) is 30.6. The summed E-state index contributed by atoms with van der Waals surface area (Å²) in [6, 6.07) is 16.7. The van der Waals surface area contributed by atoms with Gasteiger partial charge in [0.2, 0.25) is 0 Å². The van der Waals surface area contributed by atoms with Crippen LogP contribution in [-0.2, 0) is 6.42 Å². The Kier molecular flexibility index (Phi) is 5.93. The minimum absolute atomic E-state index is 0.192. The van der Waals surface area contributed by atoms with Gasteiger partial charge in [0.1, 0.15) is 5.76 Å². The quantitative estimate of drug-likeness (QED) is 0.423. The van der Waals surface area contributed by atoms with Gasteiger partial charge in [-0.25, -0.2) is 4.98 Å². The van der Waals surface area contributed by atoms with Crippen molar-refractivity contribution in [2.75, 3.05) is 11.9 Å². The van der Waals surface area contributed by atoms with Gasteiger partial charge in [-0.05, 0) is 49.2 Å². The first-order chi connectivity index (χ1) is 16.2. The van der Waals surface area contributed by atoms with Gasteiger partial charge in [-0.2, -0.15) is 0 Å². The average Bonchev–Trinajstić information content (AvgIpc) is 3.60. The topological polar surface area (TPSA) is 89.2 Å². The van der Waals surface area contributed by atoms with Crippen molar-refractivity contribution in [3.8, 4) is 0 Å². The van der Waals surface area contributed by atoms with Crippen molar-refractivity contribution in [3.05, 3.63) is 84.1 Å². The number of fused-ring (bicyclic) bond motifs is 1. The summed E-state index contributed by atoms with van der Waals surface area (Å²) >= 11 is 0. The van der Waals surface area contributed by atoms with Crippen molar-refractivity contribution < 1.29 is 14.0 Å². The van der Waals surface area contributed by atoms with Crippen LogP contribution >= 0.6 is 0 Å². The maximum Gasteiger partial charge on any atom is 0.255 e. The summed E-state index contributed by atoms with van der Waals surface area (Å²) in [6.07, 6.45) is 8.58. The van der Waals surface area contributed by atoms with Crippen LogP contribution in [0.1, 0.15) is 58.2 Å². The average molecular weight is 443 g/mol. The van der Waals surface area contributed by atoms with Crippen LogP contribution in [0.5, 0.6) is 0 Å². The largest absolute Gasteiger partial charge is 0.469 e. The number of rotatable bonds is 7. The Bertz CT molecular complexity index is 1260. The highest BCUT2D eigenvalue weighted by atomic mass is 16.3. The molecule has 0 atom stereocenters. The minimum atomic E-state index is -0.227. The van der Waals surface area contributed by atoms with Crippen LogP contribution in [-0.4, -0.2) is 27.9 Å². The Morgan fingerprint density at radius 2 is 1.85 bits per heavy atom. The van der Waals surface area contributed by atoms with Crippen LogP contribution in [0.25, 0.3) is 11.0 Å². The number of carbonyl (C=O) groups excluding carboxylic acids is 2. The number of amides is 2. The number of imidazole rings is 1. The molecule has 33 heavy (non-hydrogen) atoms. The molecule has 2 aromatic heterocycles. The second kappa shape index (κ2) is 9.32. The minimum Gasteiger partial charge on any atom is -0.469 e. The van der Waals surface area contributed by atoms with Crippen molar-refractivity contribution in [2.45, 2.75) is 38.1 Å². The predicted molar refractivity (Wildman–Crippen MR) is 126 cm³/mol. The molecule has 1 saturated carbocycles. The molecular weight excluding hydrogens is 416 g/mol. The van der Waals surface area contributed by atoms with Crippen molar-refractivity contribution in [2.24, 2.45) is 0 Å². The van der Waals surface area contributed by atoms with Gasteiger partial charge < -0.3 is 19.6 Å². The fourth-order valence-corrected chi connectivity index (χ4v) is 4.52. The van der Waals surface area contributed by atoms with E-state index in [1.165, 1.54) is 12.8 Å². The molecule has 0 unspecified atom stereocenters. The molecule has 168 valence electrons. The second-order valence-corrected chi connectivity index (χ2v) is 8.39. The molecule has 2 heterocycles. The fraction of sp³-hybridized carbons (Fsp3) is 0.269. The molecule has 1 fully saturated rings. The maximum absolute atomic E-state index is 13.3. The van der Waals surface area contributed by atoms with Crippen LogP contribution in [0.15, 0.2) is 71.6 Å². The Morgan fingerprint density at radius 1 is 1.03 bits per heavy atom. The zero-order chi connectivity index (χ0) is 22.6. The highest BCUT2D eigenvalue weighted by Crippen LogP contribution is 2.34. The zero-order valence-corrected chi connectivity index (χ0v) is 18.3. The van der Waals surface area contributed by atoms with E-state index in [0.717, 1.165) is 24.1 Å². The van der Waals surface area contributed by atoms with Gasteiger partial charge in [0, 0.05) is 30.3 Å². The monoisotopic (exact) mass is 442 g/mol. The van der Waals surface area contributed by atoms with Gasteiger partial charge in [-0.3, -0.25) is 9.59 Å². The number of nitrogens with one attached hydrogen (secondary N) is 2. The van der Waals surface area contributed by atoms with Crippen LogP contribution in [0.3, 0.4) is 0 Å². The summed E-state index contributed by atoms with van der Waals surface area (Å²) in [5.41, 5.74) is 3.13. The standard InChI is InChI=1S/C26H26N4O3/c31-25(18-7-2-1-3-8-18)29-19-15-22(26(32)27-13-12-21-11-6-14-33-21)24-23(16-19)28-17-30(24)20-9-4-5-10-20/h1-3,6-8,11,14-17,20H,4-5,9-10,12-13H2,(H,27,32)(H,29,31). The lowest BCUT2D eigenvalue weighted by Crippen LogP contribution is -2.26. The van der Waals surface area contributed by atoms with Crippen molar-refractivity contribution in [3.63, 3.8) is 0 Å². The number of furan rings is 1. The summed E-state index contributed by atoms with van der Waals surface area (Å²) in [5, 5.41) is 5.92. The van der Waals surface area contributed by atoms with E-state index in [2.05, 4.69) is 20.2 Å². The third-order valence-corrected chi connectivity index (χ3v) is 6.16. The molecule has 7 nitrogen and oxygen atoms in total. The second-order valence-electron chi connectivity index (χ2n) is 8.39. The lowest BCUT2D eigenvalue weighted by atomic mass is 10.1. The number of hydrogen-bond donors (Lipinski definition) is 2. The molecule has 4 aromatic rings. The van der Waals surface area contributed by atoms with Crippen LogP contribution in [0.4, 0.5) is 5.69 Å². The normalized spacial score (nSPS) is 13.9. The predicted octanol–water partition coefficient (Wildman–Crippen LogP) is 4.97. The number of carbonyl (C=O) groups is 2. The first-order valence-electron chi connectivity index (χ1n) is 11.4. The molecule has 7 heteroatoms. The lowest BCUT2D eigenvalue weighted by molar-refractivity contribution is 0.0953. The summed E-state index contributed by atoms with van der Waals surface area (Å²) in [7, 11) is 0. The van der Waals surface area contributed by atoms with Crippen molar-refractivity contribution in [1.82, 2.24) is 14.9 Å². The molecule has 0 spiro atoms. The number of aromatic nitrogens is 2. The summed E-state index contributed by atoms with van der Waals surface area (Å²) in [6.45, 7) is 0.450. The van der Waals surface area contributed by atoms with Crippen LogP contribution < -0.4 is 10.6 Å². The molecule has 2 N–H and O–H groups in total. The van der Waals surface area contributed by atoms with E-state index in [9.17, 15) is 9.59 Å². The number of benzene rings is 2. The lowest BCUT2D eigenvalue weighted by Gasteiger charge is -2.16. The number of anilines is 1. The van der Waals surface area contributed by atoms with E-state index in [0.29, 0.717) is 41.3 Å². The van der Waals surface area contributed by atoms with E-state index < -0.39 is 0 Å². The van der Waals surface area contributed by atoms with Gasteiger partial charge in [0.15, 0.2) is 0 Å². The van der Waals surface area contributed by atoms with Gasteiger partial charge >= 0.3 is 0 Å². The Morgan fingerprint density at radius 3 is 2.61 bits per heavy atom. The number of nitrogens with zero attached hydrogens (tertiary/aromatic N) is 2. The van der Waals surface area contributed by atoms with Gasteiger partial charge in [0.25, 0.3) is 11.8 Å². The van der Waals surface area contributed by atoms with Gasteiger partial charge in [-0.1, -0.05) is 31.0 Å². The molecule has 1 aliphatic rings. The smallest absolute Gasteiger partial charge is 0.255 e. The van der Waals surface area contributed by atoms with Crippen LogP contribution in [0, 0.1) is 0 Å².